The van der Waals surface area contributed by atoms with Gasteiger partial charge >= 0.3 is 0 Å². The molecular formula is C9H8N2. The van der Waals surface area contributed by atoms with Crippen molar-refractivity contribution < 1.29 is 0 Å². The molecule has 0 radical (unpaired) electrons. The van der Waals surface area contributed by atoms with E-state index in [-0.39, 0.29) is 0 Å². The summed E-state index contributed by atoms with van der Waals surface area (Å²) in [5.74, 6) is 0. The Kier molecular flexibility index (Phi) is 1.52. The van der Waals surface area contributed by atoms with Crippen molar-refractivity contribution in [2.75, 3.05) is 0 Å². The fourth-order valence-corrected chi connectivity index (χ4v) is 1.09. The van der Waals surface area contributed by atoms with E-state index in [1.165, 1.54) is 5.22 Å². The van der Waals surface area contributed by atoms with Gasteiger partial charge in [0, 0.05) is 0 Å². The first-order valence-corrected chi connectivity index (χ1v) is 3.61. The summed E-state index contributed by atoms with van der Waals surface area (Å²) in [5.41, 5.74) is 0. The average Bonchev–Trinajstić information content (AvgIpc) is 2.28. The highest BCUT2D eigenvalue weighted by Crippen LogP contribution is 1.86. The molecule has 2 nitrogen and oxygen atoms in total. The molecule has 1 aromatic heterocycles. The molecule has 1 aliphatic rings. The molecule has 0 N–H and O–H groups in total. The summed E-state index contributed by atoms with van der Waals surface area (Å²) in [4.78, 5) is 0. The third kappa shape index (κ3) is 1.19. The highest BCUT2D eigenvalue weighted by molar-refractivity contribution is 5.41. The number of hydrogen-bond acceptors (Lipinski definition) is 2. The van der Waals surface area contributed by atoms with Crippen molar-refractivity contribution in [3.05, 3.63) is 35.0 Å². The minimum Gasteiger partial charge on any atom is -0.159 e. The average molecular weight is 144 g/mol. The highest BCUT2D eigenvalue weighted by atomic mass is 15.1. The van der Waals surface area contributed by atoms with Crippen LogP contribution >= 0.6 is 0 Å². The van der Waals surface area contributed by atoms with E-state index in [1.807, 2.05) is 18.2 Å². The zero-order chi connectivity index (χ0) is 7.52. The van der Waals surface area contributed by atoms with Crippen LogP contribution in [-0.2, 0) is 0 Å². The normalized spacial score (nSPS) is 14.2. The molecule has 2 heteroatoms. The third-order valence-electron chi connectivity index (χ3n) is 1.65. The molecule has 11 heavy (non-hydrogen) atoms. The van der Waals surface area contributed by atoms with Crippen LogP contribution in [0.5, 0.6) is 0 Å². The van der Waals surface area contributed by atoms with Crippen molar-refractivity contribution in [1.82, 2.24) is 10.2 Å². The minimum atomic E-state index is 0.959. The first-order chi connectivity index (χ1) is 5.47. The van der Waals surface area contributed by atoms with Crippen molar-refractivity contribution >= 4 is 12.2 Å². The van der Waals surface area contributed by atoms with Gasteiger partial charge in [0.2, 0.25) is 0 Å². The second-order valence-corrected chi connectivity index (χ2v) is 2.41. The lowest BCUT2D eigenvalue weighted by Gasteiger charge is -1.83. The summed E-state index contributed by atoms with van der Waals surface area (Å²) in [6.07, 6.45) is 10.9. The largest absolute Gasteiger partial charge is 0.159 e. The second kappa shape index (κ2) is 2.66. The molecule has 0 bridgehead atoms. The lowest BCUT2D eigenvalue weighted by atomic mass is 10.3. The molecule has 2 rings (SSSR count). The molecule has 0 aliphatic heterocycles. The Hall–Kier alpha value is -1.44. The number of nitrogens with zero attached hydrogens (tertiary/aromatic N) is 2. The van der Waals surface area contributed by atoms with Gasteiger partial charge in [0.25, 0.3) is 0 Å². The molecule has 0 saturated carbocycles. The monoisotopic (exact) mass is 144 g/mol. The maximum Gasteiger partial charge on any atom is 0.0926 e. The van der Waals surface area contributed by atoms with E-state index in [1.54, 1.807) is 6.20 Å². The SMILES string of the molecule is C1=CCC=c2ccnnc2=C1. The predicted octanol–water partition coefficient (Wildman–Crippen LogP) is -0.00250. The van der Waals surface area contributed by atoms with Crippen molar-refractivity contribution in [3.63, 3.8) is 0 Å². The number of rotatable bonds is 0. The van der Waals surface area contributed by atoms with Crippen molar-refractivity contribution in [1.29, 1.82) is 0 Å². The van der Waals surface area contributed by atoms with E-state index < -0.39 is 0 Å². The van der Waals surface area contributed by atoms with E-state index >= 15 is 0 Å². The van der Waals surface area contributed by atoms with Gasteiger partial charge in [-0.3, -0.25) is 0 Å². The molecule has 0 unspecified atom stereocenters. The van der Waals surface area contributed by atoms with Gasteiger partial charge in [0.15, 0.2) is 0 Å². The molecule has 1 heterocycles. The van der Waals surface area contributed by atoms with Crippen LogP contribution in [0.2, 0.25) is 0 Å². The summed E-state index contributed by atoms with van der Waals surface area (Å²) in [6, 6.07) is 1.98. The zero-order valence-corrected chi connectivity index (χ0v) is 6.07. The lowest BCUT2D eigenvalue weighted by molar-refractivity contribution is 0.981. The maximum atomic E-state index is 3.99. The smallest absolute Gasteiger partial charge is 0.0926 e. The van der Waals surface area contributed by atoms with E-state index in [2.05, 4.69) is 22.3 Å². The summed E-state index contributed by atoms with van der Waals surface area (Å²) in [6.45, 7) is 0. The Morgan fingerprint density at radius 2 is 2.36 bits per heavy atom. The topological polar surface area (TPSA) is 25.8 Å². The van der Waals surface area contributed by atoms with Gasteiger partial charge in [-0.05, 0) is 23.8 Å². The molecule has 0 amide bonds. The molecule has 0 aromatic carbocycles. The van der Waals surface area contributed by atoms with Gasteiger partial charge in [-0.2, -0.15) is 10.2 Å². The fourth-order valence-electron chi connectivity index (χ4n) is 1.09. The number of aromatic nitrogens is 2. The first-order valence-electron chi connectivity index (χ1n) is 3.61. The highest BCUT2D eigenvalue weighted by Gasteiger charge is 1.86. The van der Waals surface area contributed by atoms with Crippen molar-refractivity contribution in [2.45, 2.75) is 6.42 Å². The Morgan fingerprint density at radius 3 is 3.36 bits per heavy atom. The number of fused-ring (bicyclic) bond motifs is 1. The van der Waals surface area contributed by atoms with Crippen LogP contribution < -0.4 is 10.6 Å². The zero-order valence-electron chi connectivity index (χ0n) is 6.07. The molecule has 1 aliphatic carbocycles. The standard InChI is InChI=1S/C9H8N2/c1-2-4-8-6-7-10-11-9(8)5-3-1/h1,3-7H,2H2. The Morgan fingerprint density at radius 1 is 1.36 bits per heavy atom. The van der Waals surface area contributed by atoms with Crippen molar-refractivity contribution in [2.24, 2.45) is 0 Å². The van der Waals surface area contributed by atoms with Crippen LogP contribution in [0.25, 0.3) is 12.2 Å². The van der Waals surface area contributed by atoms with Crippen LogP contribution in [-0.4, -0.2) is 10.2 Å². The molecule has 0 fully saturated rings. The quantitative estimate of drug-likeness (QED) is 0.512. The summed E-state index contributed by atoms with van der Waals surface area (Å²) >= 11 is 0. The molecule has 0 spiro atoms. The molecule has 54 valence electrons. The van der Waals surface area contributed by atoms with Crippen LogP contribution in [0, 0.1) is 0 Å². The van der Waals surface area contributed by atoms with Gasteiger partial charge in [0.1, 0.15) is 0 Å². The van der Waals surface area contributed by atoms with Gasteiger partial charge in [-0.15, -0.1) is 0 Å². The van der Waals surface area contributed by atoms with Gasteiger partial charge < -0.3 is 0 Å². The van der Waals surface area contributed by atoms with Crippen LogP contribution in [0.3, 0.4) is 0 Å². The summed E-state index contributed by atoms with van der Waals surface area (Å²) in [5, 5.41) is 9.93. The lowest BCUT2D eigenvalue weighted by Crippen LogP contribution is -2.27. The fraction of sp³-hybridized carbons (Fsp3) is 0.111. The van der Waals surface area contributed by atoms with Crippen LogP contribution in [0.1, 0.15) is 6.42 Å². The van der Waals surface area contributed by atoms with E-state index in [0.29, 0.717) is 0 Å². The number of hydrogen-bond donors (Lipinski definition) is 0. The second-order valence-electron chi connectivity index (χ2n) is 2.41. The van der Waals surface area contributed by atoms with Crippen LogP contribution in [0.15, 0.2) is 24.4 Å². The first kappa shape index (κ1) is 6.28. The molecule has 1 aromatic rings. The molecular weight excluding hydrogens is 136 g/mol. The van der Waals surface area contributed by atoms with Gasteiger partial charge in [-0.1, -0.05) is 18.2 Å². The van der Waals surface area contributed by atoms with Gasteiger partial charge in [-0.25, -0.2) is 0 Å². The van der Waals surface area contributed by atoms with E-state index in [9.17, 15) is 0 Å². The number of allylic oxidation sites excluding steroid dienone is 2. The molecule has 0 saturated heterocycles. The Labute approximate surface area is 64.6 Å². The predicted molar refractivity (Wildman–Crippen MR) is 44.0 cm³/mol. The summed E-state index contributed by atoms with van der Waals surface area (Å²) in [7, 11) is 0. The summed E-state index contributed by atoms with van der Waals surface area (Å²) < 4.78 is 0. The minimum absolute atomic E-state index is 0.959. The van der Waals surface area contributed by atoms with E-state index in [0.717, 1.165) is 11.8 Å². The Bertz CT molecular complexity index is 390. The van der Waals surface area contributed by atoms with Crippen LogP contribution in [0.4, 0.5) is 0 Å². The van der Waals surface area contributed by atoms with Crippen molar-refractivity contribution in [3.8, 4) is 0 Å². The third-order valence-corrected chi connectivity index (χ3v) is 1.65. The van der Waals surface area contributed by atoms with E-state index in [4.69, 9.17) is 0 Å². The molecule has 0 atom stereocenters. The Balaban J connectivity index is 2.81. The maximum absolute atomic E-state index is 3.99. The van der Waals surface area contributed by atoms with Gasteiger partial charge in [0.05, 0.1) is 11.5 Å².